The lowest BCUT2D eigenvalue weighted by Crippen LogP contribution is -2.34. The largest absolute Gasteiger partial charge is 0.332 e. The molecule has 1 amide bonds. The highest BCUT2D eigenvalue weighted by molar-refractivity contribution is 7.12. The van der Waals surface area contributed by atoms with Gasteiger partial charge in [-0.15, -0.1) is 11.3 Å². The quantitative estimate of drug-likeness (QED) is 0.423. The van der Waals surface area contributed by atoms with Crippen LogP contribution >= 0.6 is 22.9 Å². The van der Waals surface area contributed by atoms with Gasteiger partial charge in [0.25, 0.3) is 11.5 Å². The Hall–Kier alpha value is -3.00. The number of nitrogens with zero attached hydrogens (tertiary/aromatic N) is 3. The van der Waals surface area contributed by atoms with Crippen LogP contribution < -0.4 is 11.3 Å². The normalized spacial score (nSPS) is 11.1. The number of hydrogen-bond acceptors (Lipinski definition) is 5. The van der Waals surface area contributed by atoms with Crippen LogP contribution in [-0.2, 0) is 13.1 Å². The van der Waals surface area contributed by atoms with Crippen molar-refractivity contribution in [3.8, 4) is 0 Å². The van der Waals surface area contributed by atoms with Crippen LogP contribution in [0.4, 0.5) is 0 Å². The van der Waals surface area contributed by atoms with Crippen molar-refractivity contribution in [1.82, 2.24) is 14.7 Å². The van der Waals surface area contributed by atoms with Gasteiger partial charge in [0.1, 0.15) is 0 Å². The number of benzene rings is 2. The molecule has 0 atom stereocenters. The summed E-state index contributed by atoms with van der Waals surface area (Å²) in [5.74, 6) is -0.0776. The molecule has 0 aliphatic heterocycles. The third kappa shape index (κ3) is 4.91. The standard InChI is InChI=1S/C24H23ClN4O2S/c25-18-9-10-19-20(14-18)21(27-29(23(19)30)15-17-6-2-1-3-7-17)16-28(12-5-11-26)24(31)22-8-4-13-32-22/h1-4,6-10,13-14H,5,11-12,15-16,26H2. The molecule has 32 heavy (non-hydrogen) atoms. The zero-order valence-corrected chi connectivity index (χ0v) is 19.0. The van der Waals surface area contributed by atoms with Crippen molar-refractivity contribution in [2.24, 2.45) is 5.73 Å². The van der Waals surface area contributed by atoms with E-state index in [1.807, 2.05) is 41.8 Å². The Morgan fingerprint density at radius 2 is 1.91 bits per heavy atom. The van der Waals surface area contributed by atoms with Crippen LogP contribution in [-0.4, -0.2) is 33.7 Å². The van der Waals surface area contributed by atoms with Crippen LogP contribution in [0.2, 0.25) is 5.02 Å². The molecule has 164 valence electrons. The number of nitrogens with two attached hydrogens (primary N) is 1. The fourth-order valence-electron chi connectivity index (χ4n) is 3.58. The molecule has 0 bridgehead atoms. The van der Waals surface area contributed by atoms with Gasteiger partial charge in [0, 0.05) is 17.0 Å². The second-order valence-corrected chi connectivity index (χ2v) is 8.82. The van der Waals surface area contributed by atoms with E-state index in [9.17, 15) is 9.59 Å². The van der Waals surface area contributed by atoms with Gasteiger partial charge in [0.05, 0.1) is 29.0 Å². The molecule has 0 unspecified atom stereocenters. The first-order chi connectivity index (χ1) is 15.6. The Morgan fingerprint density at radius 1 is 1.09 bits per heavy atom. The molecule has 0 aliphatic rings. The molecule has 4 aromatic rings. The summed E-state index contributed by atoms with van der Waals surface area (Å²) >= 11 is 7.64. The third-order valence-corrected chi connectivity index (χ3v) is 6.26. The van der Waals surface area contributed by atoms with E-state index in [1.165, 1.54) is 16.0 Å². The van der Waals surface area contributed by atoms with E-state index in [-0.39, 0.29) is 18.0 Å². The maximum absolute atomic E-state index is 13.1. The maximum atomic E-state index is 13.1. The minimum absolute atomic E-state index is 0.0776. The summed E-state index contributed by atoms with van der Waals surface area (Å²) < 4.78 is 1.46. The number of thiophene rings is 1. The Bertz CT molecular complexity index is 1270. The van der Waals surface area contributed by atoms with Gasteiger partial charge in [-0.25, -0.2) is 4.68 Å². The van der Waals surface area contributed by atoms with Crippen LogP contribution in [0.15, 0.2) is 70.8 Å². The van der Waals surface area contributed by atoms with E-state index in [0.717, 1.165) is 5.56 Å². The number of halogens is 1. The van der Waals surface area contributed by atoms with E-state index < -0.39 is 0 Å². The zero-order valence-electron chi connectivity index (χ0n) is 17.4. The molecule has 2 aromatic heterocycles. The number of aromatic nitrogens is 2. The lowest BCUT2D eigenvalue weighted by molar-refractivity contribution is 0.0745. The van der Waals surface area contributed by atoms with Crippen LogP contribution in [0, 0.1) is 0 Å². The van der Waals surface area contributed by atoms with Crippen molar-refractivity contribution in [3.05, 3.63) is 97.6 Å². The molecule has 0 aliphatic carbocycles. The van der Waals surface area contributed by atoms with Gasteiger partial charge in [-0.3, -0.25) is 9.59 Å². The van der Waals surface area contributed by atoms with Gasteiger partial charge in [-0.1, -0.05) is 48.0 Å². The Balaban J connectivity index is 1.78. The van der Waals surface area contributed by atoms with E-state index in [4.69, 9.17) is 17.3 Å². The van der Waals surface area contributed by atoms with Crippen LogP contribution in [0.5, 0.6) is 0 Å². The minimum Gasteiger partial charge on any atom is -0.332 e. The number of rotatable bonds is 8. The van der Waals surface area contributed by atoms with Gasteiger partial charge in [-0.05, 0) is 48.2 Å². The van der Waals surface area contributed by atoms with E-state index in [2.05, 4.69) is 5.10 Å². The predicted octanol–water partition coefficient (Wildman–Crippen LogP) is 4.15. The lowest BCUT2D eigenvalue weighted by atomic mass is 10.1. The summed E-state index contributed by atoms with van der Waals surface area (Å²) in [6.45, 7) is 1.56. The number of fused-ring (bicyclic) bond motifs is 1. The molecule has 2 heterocycles. The van der Waals surface area contributed by atoms with Crippen molar-refractivity contribution >= 4 is 39.6 Å². The van der Waals surface area contributed by atoms with Crippen molar-refractivity contribution < 1.29 is 4.79 Å². The number of carbonyl (C=O) groups is 1. The van der Waals surface area contributed by atoms with Crippen LogP contribution in [0.1, 0.15) is 27.3 Å². The minimum atomic E-state index is -0.192. The van der Waals surface area contributed by atoms with Gasteiger partial charge < -0.3 is 10.6 Å². The van der Waals surface area contributed by atoms with Gasteiger partial charge in [-0.2, -0.15) is 5.10 Å². The fraction of sp³-hybridized carbons (Fsp3) is 0.208. The average Bonchev–Trinajstić information content (AvgIpc) is 3.34. The maximum Gasteiger partial charge on any atom is 0.274 e. The summed E-state index contributed by atoms with van der Waals surface area (Å²) in [4.78, 5) is 28.7. The van der Waals surface area contributed by atoms with Crippen molar-refractivity contribution in [3.63, 3.8) is 0 Å². The molecule has 6 nitrogen and oxygen atoms in total. The topological polar surface area (TPSA) is 81.2 Å². The van der Waals surface area contributed by atoms with Crippen molar-refractivity contribution in [2.45, 2.75) is 19.5 Å². The number of amides is 1. The lowest BCUT2D eigenvalue weighted by Gasteiger charge is -2.23. The molecule has 0 spiro atoms. The molecule has 0 saturated carbocycles. The van der Waals surface area contributed by atoms with Gasteiger partial charge >= 0.3 is 0 Å². The fourth-order valence-corrected chi connectivity index (χ4v) is 4.44. The molecule has 8 heteroatoms. The molecule has 0 fully saturated rings. The molecular weight excluding hydrogens is 444 g/mol. The predicted molar refractivity (Wildman–Crippen MR) is 129 cm³/mol. The first-order valence-corrected chi connectivity index (χ1v) is 11.6. The monoisotopic (exact) mass is 466 g/mol. The summed E-state index contributed by atoms with van der Waals surface area (Å²) in [5.41, 5.74) is 7.12. The number of hydrogen-bond donors (Lipinski definition) is 1. The van der Waals surface area contributed by atoms with E-state index in [1.54, 1.807) is 29.2 Å². The SMILES string of the molecule is NCCCN(Cc1nn(Cc2ccccc2)c(=O)c2ccc(Cl)cc12)C(=O)c1cccs1. The summed E-state index contributed by atoms with van der Waals surface area (Å²) in [7, 11) is 0. The molecule has 4 rings (SSSR count). The summed E-state index contributed by atoms with van der Waals surface area (Å²) in [6, 6.07) is 18.5. The second-order valence-electron chi connectivity index (χ2n) is 7.43. The number of carbonyl (C=O) groups excluding carboxylic acids is 1. The van der Waals surface area contributed by atoms with Crippen molar-refractivity contribution in [1.29, 1.82) is 0 Å². The van der Waals surface area contributed by atoms with Crippen molar-refractivity contribution in [2.75, 3.05) is 13.1 Å². The molecule has 0 saturated heterocycles. The summed E-state index contributed by atoms with van der Waals surface area (Å²) in [5, 5.41) is 8.24. The molecule has 0 radical (unpaired) electrons. The first-order valence-electron chi connectivity index (χ1n) is 10.3. The Kier molecular flexibility index (Phi) is 6.99. The third-order valence-electron chi connectivity index (χ3n) is 5.17. The van der Waals surface area contributed by atoms with Gasteiger partial charge in [0.2, 0.25) is 0 Å². The Morgan fingerprint density at radius 3 is 2.62 bits per heavy atom. The van der Waals surface area contributed by atoms with E-state index >= 15 is 0 Å². The molecule has 2 aromatic carbocycles. The highest BCUT2D eigenvalue weighted by atomic mass is 35.5. The van der Waals surface area contributed by atoms with Gasteiger partial charge in [0.15, 0.2) is 0 Å². The Labute approximate surface area is 194 Å². The smallest absolute Gasteiger partial charge is 0.274 e. The van der Waals surface area contributed by atoms with E-state index in [0.29, 0.717) is 52.4 Å². The average molecular weight is 467 g/mol. The highest BCUT2D eigenvalue weighted by Gasteiger charge is 2.20. The molecular formula is C24H23ClN4O2S. The zero-order chi connectivity index (χ0) is 22.5. The van der Waals surface area contributed by atoms with Crippen LogP contribution in [0.3, 0.4) is 0 Å². The summed E-state index contributed by atoms with van der Waals surface area (Å²) in [6.07, 6.45) is 0.666. The molecule has 2 N–H and O–H groups in total. The first kappa shape index (κ1) is 22.2. The highest BCUT2D eigenvalue weighted by Crippen LogP contribution is 2.22. The van der Waals surface area contributed by atoms with Crippen LogP contribution in [0.25, 0.3) is 10.8 Å². The second kappa shape index (κ2) is 10.1.